The highest BCUT2D eigenvalue weighted by Gasteiger charge is 2.35. The number of anilines is 1. The molecule has 0 unspecified atom stereocenters. The largest absolute Gasteiger partial charge is 0.369 e. The van der Waals surface area contributed by atoms with Crippen molar-refractivity contribution < 1.29 is 22.8 Å². The van der Waals surface area contributed by atoms with Gasteiger partial charge in [0.25, 0.3) is 11.8 Å². The Kier molecular flexibility index (Phi) is 6.99. The SMILES string of the molecule is Cc1cccc(N2CCN(S(=O)(=O)CCNC(=O)CCN3C(=O)c4ccccc4C3=O)CC2)c1. The molecule has 2 aromatic carbocycles. The molecule has 4 rings (SSSR count). The lowest BCUT2D eigenvalue weighted by molar-refractivity contribution is -0.121. The molecule has 2 aromatic rings. The minimum Gasteiger partial charge on any atom is -0.369 e. The molecule has 0 aliphatic carbocycles. The fourth-order valence-corrected chi connectivity index (χ4v) is 5.58. The molecule has 1 saturated heterocycles. The third-order valence-electron chi connectivity index (χ3n) is 6.12. The van der Waals surface area contributed by atoms with E-state index < -0.39 is 27.7 Å². The Morgan fingerprint density at radius 1 is 0.941 bits per heavy atom. The Hall–Kier alpha value is -3.24. The smallest absolute Gasteiger partial charge is 0.261 e. The van der Waals surface area contributed by atoms with Gasteiger partial charge in [0, 0.05) is 51.4 Å². The number of hydrogen-bond acceptors (Lipinski definition) is 6. The van der Waals surface area contributed by atoms with Crippen LogP contribution in [0.4, 0.5) is 5.69 Å². The zero-order chi connectivity index (χ0) is 24.3. The predicted octanol–water partition coefficient (Wildman–Crippen LogP) is 1.25. The Morgan fingerprint density at radius 2 is 1.59 bits per heavy atom. The van der Waals surface area contributed by atoms with Gasteiger partial charge in [-0.2, -0.15) is 4.31 Å². The summed E-state index contributed by atoms with van der Waals surface area (Å²) < 4.78 is 26.9. The number of imide groups is 1. The number of carbonyl (C=O) groups excluding carboxylic acids is 3. The van der Waals surface area contributed by atoms with Crippen molar-refractivity contribution in [2.75, 3.05) is 49.9 Å². The van der Waals surface area contributed by atoms with Crippen LogP contribution in [-0.2, 0) is 14.8 Å². The lowest BCUT2D eigenvalue weighted by Crippen LogP contribution is -2.50. The standard InChI is InChI=1S/C24H28N4O5S/c1-18-5-4-6-19(17-18)26-12-14-27(15-13-26)34(32,33)16-10-25-22(29)9-11-28-23(30)20-7-2-3-8-21(20)24(28)31/h2-8,17H,9-16H2,1H3,(H,25,29). The zero-order valence-corrected chi connectivity index (χ0v) is 19.9. The number of carbonyl (C=O) groups is 3. The highest BCUT2D eigenvalue weighted by atomic mass is 32.2. The maximum atomic E-state index is 12.7. The second-order valence-electron chi connectivity index (χ2n) is 8.45. The number of amides is 3. The van der Waals surface area contributed by atoms with Gasteiger partial charge in [0.1, 0.15) is 0 Å². The van der Waals surface area contributed by atoms with Gasteiger partial charge in [-0.25, -0.2) is 8.42 Å². The van der Waals surface area contributed by atoms with Gasteiger partial charge in [0.2, 0.25) is 15.9 Å². The van der Waals surface area contributed by atoms with Gasteiger partial charge in [-0.3, -0.25) is 19.3 Å². The van der Waals surface area contributed by atoms with Gasteiger partial charge in [0.05, 0.1) is 16.9 Å². The van der Waals surface area contributed by atoms with Crippen molar-refractivity contribution >= 4 is 33.4 Å². The van der Waals surface area contributed by atoms with Gasteiger partial charge >= 0.3 is 0 Å². The highest BCUT2D eigenvalue weighted by Crippen LogP contribution is 2.22. The van der Waals surface area contributed by atoms with Crippen LogP contribution in [0, 0.1) is 6.92 Å². The minimum atomic E-state index is -3.50. The molecule has 10 heteroatoms. The van der Waals surface area contributed by atoms with Crippen LogP contribution in [-0.4, -0.2) is 80.4 Å². The summed E-state index contributed by atoms with van der Waals surface area (Å²) in [6.45, 7) is 3.95. The van der Waals surface area contributed by atoms with Crippen LogP contribution in [0.2, 0.25) is 0 Å². The monoisotopic (exact) mass is 484 g/mol. The Bertz CT molecular complexity index is 1170. The lowest BCUT2D eigenvalue weighted by Gasteiger charge is -2.35. The number of fused-ring (bicyclic) bond motifs is 1. The quantitative estimate of drug-likeness (QED) is 0.565. The van der Waals surface area contributed by atoms with Crippen molar-refractivity contribution in [1.82, 2.24) is 14.5 Å². The molecule has 0 atom stereocenters. The number of piperazine rings is 1. The van der Waals surface area contributed by atoms with Gasteiger partial charge < -0.3 is 10.2 Å². The second-order valence-corrected chi connectivity index (χ2v) is 10.5. The van der Waals surface area contributed by atoms with E-state index in [4.69, 9.17) is 0 Å². The summed E-state index contributed by atoms with van der Waals surface area (Å²) in [7, 11) is -3.50. The number of benzene rings is 2. The number of aryl methyl sites for hydroxylation is 1. The molecule has 0 saturated carbocycles. The average molecular weight is 485 g/mol. The molecule has 2 heterocycles. The van der Waals surface area contributed by atoms with Crippen molar-refractivity contribution in [3.8, 4) is 0 Å². The van der Waals surface area contributed by atoms with Gasteiger partial charge in [-0.05, 0) is 36.8 Å². The van der Waals surface area contributed by atoms with Gasteiger partial charge in [-0.1, -0.05) is 24.3 Å². The molecule has 0 spiro atoms. The molecule has 34 heavy (non-hydrogen) atoms. The van der Waals surface area contributed by atoms with Crippen molar-refractivity contribution in [2.45, 2.75) is 13.3 Å². The summed E-state index contributed by atoms with van der Waals surface area (Å²) in [6.07, 6.45) is -0.0827. The number of rotatable bonds is 8. The zero-order valence-electron chi connectivity index (χ0n) is 19.1. The van der Waals surface area contributed by atoms with Crippen molar-refractivity contribution in [1.29, 1.82) is 0 Å². The van der Waals surface area contributed by atoms with E-state index in [1.165, 1.54) is 4.31 Å². The highest BCUT2D eigenvalue weighted by molar-refractivity contribution is 7.89. The summed E-state index contributed by atoms with van der Waals surface area (Å²) in [5, 5.41) is 2.59. The van der Waals surface area contributed by atoms with Gasteiger partial charge in [-0.15, -0.1) is 0 Å². The predicted molar refractivity (Wildman–Crippen MR) is 128 cm³/mol. The molecular weight excluding hydrogens is 456 g/mol. The molecule has 0 bridgehead atoms. The van der Waals surface area contributed by atoms with Crippen LogP contribution in [0.5, 0.6) is 0 Å². The Morgan fingerprint density at radius 3 is 2.21 bits per heavy atom. The number of hydrogen-bond donors (Lipinski definition) is 1. The third kappa shape index (κ3) is 5.13. The van der Waals surface area contributed by atoms with Crippen LogP contribution in [0.15, 0.2) is 48.5 Å². The fraction of sp³-hybridized carbons (Fsp3) is 0.375. The van der Waals surface area contributed by atoms with E-state index in [1.807, 2.05) is 25.1 Å². The topological polar surface area (TPSA) is 107 Å². The molecule has 180 valence electrons. The molecule has 2 aliphatic rings. The van der Waals surface area contributed by atoms with Crippen LogP contribution in [0.25, 0.3) is 0 Å². The van der Waals surface area contributed by atoms with E-state index in [-0.39, 0.29) is 25.3 Å². The molecule has 1 N–H and O–H groups in total. The molecular formula is C24H28N4O5S. The summed E-state index contributed by atoms with van der Waals surface area (Å²) in [6, 6.07) is 14.7. The number of nitrogens with one attached hydrogen (secondary N) is 1. The summed E-state index contributed by atoms with van der Waals surface area (Å²) in [4.78, 5) is 40.1. The van der Waals surface area contributed by atoms with Crippen LogP contribution >= 0.6 is 0 Å². The van der Waals surface area contributed by atoms with Crippen LogP contribution < -0.4 is 10.2 Å². The second kappa shape index (κ2) is 9.94. The minimum absolute atomic E-state index is 0.0264. The molecule has 0 radical (unpaired) electrons. The van der Waals surface area contributed by atoms with Crippen molar-refractivity contribution in [2.24, 2.45) is 0 Å². The maximum absolute atomic E-state index is 12.7. The molecule has 3 amide bonds. The molecule has 9 nitrogen and oxygen atoms in total. The first kappa shape index (κ1) is 23.9. The summed E-state index contributed by atoms with van der Waals surface area (Å²) >= 11 is 0. The first-order valence-corrected chi connectivity index (χ1v) is 12.9. The third-order valence-corrected chi connectivity index (χ3v) is 7.99. The Labute approximate surface area is 199 Å². The van der Waals surface area contributed by atoms with E-state index in [0.29, 0.717) is 37.3 Å². The molecule has 1 fully saturated rings. The summed E-state index contributed by atoms with van der Waals surface area (Å²) in [5.41, 5.74) is 2.91. The molecule has 2 aliphatic heterocycles. The number of nitrogens with zero attached hydrogens (tertiary/aromatic N) is 3. The number of sulfonamides is 1. The van der Waals surface area contributed by atoms with E-state index in [1.54, 1.807) is 24.3 Å². The first-order valence-electron chi connectivity index (χ1n) is 11.3. The van der Waals surface area contributed by atoms with Crippen molar-refractivity contribution in [3.63, 3.8) is 0 Å². The lowest BCUT2D eigenvalue weighted by atomic mass is 10.1. The van der Waals surface area contributed by atoms with E-state index >= 15 is 0 Å². The average Bonchev–Trinajstić information content (AvgIpc) is 3.07. The van der Waals surface area contributed by atoms with Crippen molar-refractivity contribution in [3.05, 3.63) is 65.2 Å². The first-order chi connectivity index (χ1) is 16.3. The normalized spacial score (nSPS) is 16.6. The van der Waals surface area contributed by atoms with E-state index in [9.17, 15) is 22.8 Å². The Balaban J connectivity index is 1.20. The fourth-order valence-electron chi connectivity index (χ4n) is 4.24. The van der Waals surface area contributed by atoms with Crippen LogP contribution in [0.3, 0.4) is 0 Å². The van der Waals surface area contributed by atoms with E-state index in [0.717, 1.165) is 16.2 Å². The van der Waals surface area contributed by atoms with Gasteiger partial charge in [0.15, 0.2) is 0 Å². The maximum Gasteiger partial charge on any atom is 0.261 e. The summed E-state index contributed by atoms with van der Waals surface area (Å²) in [5.74, 6) is -1.44. The van der Waals surface area contributed by atoms with E-state index in [2.05, 4.69) is 16.3 Å². The molecule has 0 aromatic heterocycles. The van der Waals surface area contributed by atoms with Crippen LogP contribution in [0.1, 0.15) is 32.7 Å².